The lowest BCUT2D eigenvalue weighted by Crippen LogP contribution is -2.26. The fourth-order valence-corrected chi connectivity index (χ4v) is 2.27. The third-order valence-electron chi connectivity index (χ3n) is 2.94. The average Bonchev–Trinajstić information content (AvgIpc) is 2.58. The second kappa shape index (κ2) is 3.47. The highest BCUT2D eigenvalue weighted by atomic mass is 15.2. The molecule has 2 fully saturated rings. The van der Waals surface area contributed by atoms with Crippen molar-refractivity contribution >= 4 is 0 Å². The van der Waals surface area contributed by atoms with E-state index in [0.717, 1.165) is 18.4 Å². The average molecular weight is 164 g/mol. The molecule has 0 aliphatic carbocycles. The van der Waals surface area contributed by atoms with Gasteiger partial charge in [0.05, 0.1) is 6.54 Å². The van der Waals surface area contributed by atoms with E-state index in [9.17, 15) is 0 Å². The maximum atomic E-state index is 3.44. The van der Waals surface area contributed by atoms with Crippen LogP contribution in [0.15, 0.2) is 0 Å². The molecule has 0 aromatic heterocycles. The van der Waals surface area contributed by atoms with E-state index in [1.54, 1.807) is 0 Å². The van der Waals surface area contributed by atoms with Crippen molar-refractivity contribution in [1.82, 2.24) is 10.2 Å². The molecule has 0 saturated carbocycles. The van der Waals surface area contributed by atoms with Gasteiger partial charge >= 0.3 is 0 Å². The molecular weight excluding hydrogens is 148 g/mol. The van der Waals surface area contributed by atoms with Crippen LogP contribution in [0.4, 0.5) is 0 Å². The minimum absolute atomic E-state index is 0.906. The van der Waals surface area contributed by atoms with E-state index in [0.29, 0.717) is 0 Å². The summed E-state index contributed by atoms with van der Waals surface area (Å²) >= 11 is 0. The number of nitrogens with zero attached hydrogens (tertiary/aromatic N) is 1. The van der Waals surface area contributed by atoms with Crippen LogP contribution in [0.2, 0.25) is 0 Å². The molecule has 0 aromatic rings. The van der Waals surface area contributed by atoms with Gasteiger partial charge in [-0.15, -0.1) is 5.92 Å². The number of likely N-dealkylation sites (tertiary alicyclic amines) is 1. The SMILES string of the molecule is CC#CCN1C[C@H]2CNC[C@H]2C1. The summed E-state index contributed by atoms with van der Waals surface area (Å²) < 4.78 is 0. The van der Waals surface area contributed by atoms with Crippen molar-refractivity contribution in [1.29, 1.82) is 0 Å². The Morgan fingerprint density at radius 3 is 2.58 bits per heavy atom. The quantitative estimate of drug-likeness (QED) is 0.555. The molecule has 66 valence electrons. The zero-order valence-electron chi connectivity index (χ0n) is 7.64. The molecule has 2 atom stereocenters. The van der Waals surface area contributed by atoms with Gasteiger partial charge in [0.15, 0.2) is 0 Å². The summed E-state index contributed by atoms with van der Waals surface area (Å²) in [5.74, 6) is 7.90. The van der Waals surface area contributed by atoms with Crippen LogP contribution in [-0.2, 0) is 0 Å². The van der Waals surface area contributed by atoms with E-state index >= 15 is 0 Å². The summed E-state index contributed by atoms with van der Waals surface area (Å²) in [6.45, 7) is 7.85. The largest absolute Gasteiger partial charge is 0.316 e. The molecule has 2 nitrogen and oxygen atoms in total. The molecule has 0 spiro atoms. The van der Waals surface area contributed by atoms with Crippen molar-refractivity contribution in [3.8, 4) is 11.8 Å². The van der Waals surface area contributed by atoms with E-state index < -0.39 is 0 Å². The molecule has 1 N–H and O–H groups in total. The second-order valence-corrected chi connectivity index (χ2v) is 3.80. The van der Waals surface area contributed by atoms with Crippen LogP contribution in [0.1, 0.15) is 6.92 Å². The van der Waals surface area contributed by atoms with Gasteiger partial charge in [0.25, 0.3) is 0 Å². The highest BCUT2D eigenvalue weighted by Gasteiger charge is 2.35. The number of nitrogens with one attached hydrogen (secondary N) is 1. The van der Waals surface area contributed by atoms with Gasteiger partial charge < -0.3 is 5.32 Å². The van der Waals surface area contributed by atoms with E-state index in [-0.39, 0.29) is 0 Å². The lowest BCUT2D eigenvalue weighted by atomic mass is 10.0. The van der Waals surface area contributed by atoms with E-state index in [1.807, 2.05) is 6.92 Å². The first kappa shape index (κ1) is 8.10. The third kappa shape index (κ3) is 1.48. The van der Waals surface area contributed by atoms with Gasteiger partial charge in [-0.05, 0) is 31.8 Å². The van der Waals surface area contributed by atoms with Gasteiger partial charge in [-0.25, -0.2) is 0 Å². The molecule has 2 rings (SSSR count). The van der Waals surface area contributed by atoms with E-state index in [2.05, 4.69) is 22.1 Å². The van der Waals surface area contributed by atoms with Crippen molar-refractivity contribution in [2.24, 2.45) is 11.8 Å². The van der Waals surface area contributed by atoms with Crippen LogP contribution in [0.25, 0.3) is 0 Å². The highest BCUT2D eigenvalue weighted by Crippen LogP contribution is 2.25. The topological polar surface area (TPSA) is 15.3 Å². The summed E-state index contributed by atoms with van der Waals surface area (Å²) in [5.41, 5.74) is 0. The van der Waals surface area contributed by atoms with E-state index in [1.165, 1.54) is 26.2 Å². The zero-order chi connectivity index (χ0) is 8.39. The van der Waals surface area contributed by atoms with Crippen LogP contribution in [0.5, 0.6) is 0 Å². The number of fused-ring (bicyclic) bond motifs is 1. The molecule has 0 unspecified atom stereocenters. The van der Waals surface area contributed by atoms with Gasteiger partial charge in [-0.1, -0.05) is 5.92 Å². The summed E-state index contributed by atoms with van der Waals surface area (Å²) in [6.07, 6.45) is 0. The third-order valence-corrected chi connectivity index (χ3v) is 2.94. The summed E-state index contributed by atoms with van der Waals surface area (Å²) in [5, 5.41) is 3.44. The van der Waals surface area contributed by atoms with Crippen molar-refractivity contribution in [3.63, 3.8) is 0 Å². The standard InChI is InChI=1S/C10H16N2/c1-2-3-4-12-7-9-5-11-6-10(9)8-12/h9-11H,4-8H2,1H3/t9-,10+. The molecule has 2 heterocycles. The fraction of sp³-hybridized carbons (Fsp3) is 0.800. The van der Waals surface area contributed by atoms with Crippen molar-refractivity contribution in [2.75, 3.05) is 32.7 Å². The molecule has 2 aliphatic heterocycles. The molecule has 0 bridgehead atoms. The van der Waals surface area contributed by atoms with Crippen molar-refractivity contribution < 1.29 is 0 Å². The predicted octanol–water partition coefficient (Wildman–Crippen LogP) is 0.161. The molecule has 2 heteroatoms. The fourth-order valence-electron chi connectivity index (χ4n) is 2.27. The van der Waals surface area contributed by atoms with Crippen LogP contribution >= 0.6 is 0 Å². The van der Waals surface area contributed by atoms with Crippen LogP contribution in [0, 0.1) is 23.7 Å². The minimum Gasteiger partial charge on any atom is -0.316 e. The van der Waals surface area contributed by atoms with Crippen LogP contribution in [0.3, 0.4) is 0 Å². The lowest BCUT2D eigenvalue weighted by molar-refractivity contribution is 0.351. The Bertz CT molecular complexity index is 202. The normalized spacial score (nSPS) is 34.4. The van der Waals surface area contributed by atoms with Gasteiger partial charge in [-0.2, -0.15) is 0 Å². The molecule has 0 aromatic carbocycles. The monoisotopic (exact) mass is 164 g/mol. The first-order chi connectivity index (χ1) is 5.90. The maximum Gasteiger partial charge on any atom is 0.0601 e. The second-order valence-electron chi connectivity index (χ2n) is 3.80. The van der Waals surface area contributed by atoms with Gasteiger partial charge in [0.2, 0.25) is 0 Å². The first-order valence-corrected chi connectivity index (χ1v) is 4.73. The minimum atomic E-state index is 0.906. The van der Waals surface area contributed by atoms with Gasteiger partial charge in [0, 0.05) is 13.1 Å². The van der Waals surface area contributed by atoms with Crippen LogP contribution < -0.4 is 5.32 Å². The predicted molar refractivity (Wildman–Crippen MR) is 49.7 cm³/mol. The van der Waals surface area contributed by atoms with Crippen molar-refractivity contribution in [3.05, 3.63) is 0 Å². The Morgan fingerprint density at radius 1 is 1.33 bits per heavy atom. The van der Waals surface area contributed by atoms with Crippen molar-refractivity contribution in [2.45, 2.75) is 6.92 Å². The Morgan fingerprint density at radius 2 is 2.00 bits per heavy atom. The number of rotatable bonds is 1. The van der Waals surface area contributed by atoms with Gasteiger partial charge in [-0.3, -0.25) is 4.90 Å². The first-order valence-electron chi connectivity index (χ1n) is 4.73. The summed E-state index contributed by atoms with van der Waals surface area (Å²) in [7, 11) is 0. The molecule has 2 aliphatic rings. The lowest BCUT2D eigenvalue weighted by Gasteiger charge is -2.12. The Balaban J connectivity index is 1.85. The Hall–Kier alpha value is -0.520. The molecule has 12 heavy (non-hydrogen) atoms. The smallest absolute Gasteiger partial charge is 0.0601 e. The molecule has 0 radical (unpaired) electrons. The molecule has 0 amide bonds. The van der Waals surface area contributed by atoms with Crippen LogP contribution in [-0.4, -0.2) is 37.6 Å². The number of hydrogen-bond acceptors (Lipinski definition) is 2. The maximum absolute atomic E-state index is 3.44. The molecular formula is C10H16N2. The number of hydrogen-bond donors (Lipinski definition) is 1. The Labute approximate surface area is 74.3 Å². The molecule has 2 saturated heterocycles. The van der Waals surface area contributed by atoms with E-state index in [4.69, 9.17) is 0 Å². The van der Waals surface area contributed by atoms with Gasteiger partial charge in [0.1, 0.15) is 0 Å². The Kier molecular flexibility index (Phi) is 2.34. The highest BCUT2D eigenvalue weighted by molar-refractivity contribution is 5.01. The summed E-state index contributed by atoms with van der Waals surface area (Å²) in [6, 6.07) is 0. The zero-order valence-corrected chi connectivity index (χ0v) is 7.64. The summed E-state index contributed by atoms with van der Waals surface area (Å²) in [4.78, 5) is 2.48.